The molecule has 0 radical (unpaired) electrons. The summed E-state index contributed by atoms with van der Waals surface area (Å²) in [5.41, 5.74) is -2.52. The molecule has 2 heterocycles. The molecule has 0 aromatic heterocycles. The van der Waals surface area contributed by atoms with E-state index in [-0.39, 0.29) is 34.5 Å². The summed E-state index contributed by atoms with van der Waals surface area (Å²) in [6, 6.07) is 11.7. The Labute approximate surface area is 270 Å². The molecule has 6 nitrogen and oxygen atoms in total. The maximum atomic E-state index is 13.5. The SMILES string of the molecule is CN(C(=O)c1cc(C(F)(F)F)cc(C(F)(F)F)c1)[C@@H]1CCN(CCCN2C(=O)c3ccccc3C2=O)C[C@H]1c1ccc(Cl)c(Cl)c1. The maximum Gasteiger partial charge on any atom is 0.416 e. The number of likely N-dealkylation sites (N-methyl/N-ethyl adjacent to an activating group) is 1. The number of piperidine rings is 1. The predicted molar refractivity (Wildman–Crippen MR) is 159 cm³/mol. The zero-order valence-electron chi connectivity index (χ0n) is 24.3. The Bertz CT molecular complexity index is 1610. The van der Waals surface area contributed by atoms with Crippen molar-refractivity contribution in [3.05, 3.63) is 104 Å². The molecule has 0 aliphatic carbocycles. The van der Waals surface area contributed by atoms with Crippen LogP contribution >= 0.6 is 23.2 Å². The van der Waals surface area contributed by atoms with Crippen molar-refractivity contribution in [2.75, 3.05) is 33.2 Å². The highest BCUT2D eigenvalue weighted by atomic mass is 35.5. The molecular formula is C32H27Cl2F6N3O3. The molecule has 46 heavy (non-hydrogen) atoms. The van der Waals surface area contributed by atoms with E-state index in [2.05, 4.69) is 4.90 Å². The lowest BCUT2D eigenvalue weighted by atomic mass is 9.84. The number of benzene rings is 3. The fourth-order valence-electron chi connectivity index (χ4n) is 6.07. The minimum absolute atomic E-state index is 0.0181. The van der Waals surface area contributed by atoms with E-state index in [1.165, 1.54) is 16.8 Å². The first kappa shape index (κ1) is 33.7. The average molecular weight is 686 g/mol. The van der Waals surface area contributed by atoms with Crippen molar-refractivity contribution in [3.8, 4) is 0 Å². The van der Waals surface area contributed by atoms with Crippen molar-refractivity contribution in [1.82, 2.24) is 14.7 Å². The monoisotopic (exact) mass is 685 g/mol. The van der Waals surface area contributed by atoms with Crippen LogP contribution in [0, 0.1) is 0 Å². The van der Waals surface area contributed by atoms with Gasteiger partial charge in [0, 0.05) is 44.2 Å². The zero-order valence-corrected chi connectivity index (χ0v) is 25.8. The number of imide groups is 1. The molecule has 0 saturated carbocycles. The van der Waals surface area contributed by atoms with Crippen LogP contribution in [-0.4, -0.2) is 71.7 Å². The number of amides is 3. The van der Waals surface area contributed by atoms with Crippen molar-refractivity contribution < 1.29 is 40.7 Å². The number of nitrogens with zero attached hydrogens (tertiary/aromatic N) is 3. The highest BCUT2D eigenvalue weighted by molar-refractivity contribution is 6.42. The van der Waals surface area contributed by atoms with Crippen LogP contribution in [0.15, 0.2) is 60.7 Å². The number of rotatable bonds is 7. The molecule has 14 heteroatoms. The summed E-state index contributed by atoms with van der Waals surface area (Å²) in [6.45, 7) is 1.43. The Kier molecular flexibility index (Phi) is 9.45. The third kappa shape index (κ3) is 6.89. The lowest BCUT2D eigenvalue weighted by Crippen LogP contribution is -2.51. The van der Waals surface area contributed by atoms with Crippen molar-refractivity contribution >= 4 is 40.9 Å². The van der Waals surface area contributed by atoms with Gasteiger partial charge in [0.15, 0.2) is 0 Å². The quantitative estimate of drug-likeness (QED) is 0.189. The van der Waals surface area contributed by atoms with Gasteiger partial charge in [-0.2, -0.15) is 26.3 Å². The zero-order chi connectivity index (χ0) is 33.6. The molecule has 1 fully saturated rings. The summed E-state index contributed by atoms with van der Waals surface area (Å²) in [5, 5.41) is 0.519. The second kappa shape index (κ2) is 12.9. The van der Waals surface area contributed by atoms with E-state index >= 15 is 0 Å². The number of hydrogen-bond donors (Lipinski definition) is 0. The van der Waals surface area contributed by atoms with E-state index in [9.17, 15) is 40.7 Å². The fourth-order valence-corrected chi connectivity index (χ4v) is 6.38. The van der Waals surface area contributed by atoms with Crippen LogP contribution in [0.3, 0.4) is 0 Å². The summed E-state index contributed by atoms with van der Waals surface area (Å²) in [7, 11) is 1.35. The van der Waals surface area contributed by atoms with Gasteiger partial charge < -0.3 is 9.80 Å². The number of carbonyl (C=O) groups is 3. The summed E-state index contributed by atoms with van der Waals surface area (Å²) < 4.78 is 81.0. The van der Waals surface area contributed by atoms with Crippen LogP contribution in [0.25, 0.3) is 0 Å². The highest BCUT2D eigenvalue weighted by Crippen LogP contribution is 2.38. The molecule has 244 valence electrons. The Morgan fingerprint density at radius 2 is 1.43 bits per heavy atom. The van der Waals surface area contributed by atoms with E-state index in [0.29, 0.717) is 61.3 Å². The number of alkyl halides is 6. The standard InChI is InChI=1S/C32H27Cl2F6N3O3/c1-41(28(44)19-13-20(31(35,36)37)16-21(14-19)32(38,39)40)27-9-12-42(17-24(27)18-7-8-25(33)26(34)15-18)10-4-11-43-29(45)22-5-2-3-6-23(22)30(43)46/h2-3,5-8,13-16,24,27H,4,9-12,17H2,1H3/t24-,27+/m0/s1. The van der Waals surface area contributed by atoms with E-state index < -0.39 is 46.9 Å². The van der Waals surface area contributed by atoms with Crippen LogP contribution in [0.4, 0.5) is 26.3 Å². The van der Waals surface area contributed by atoms with Gasteiger partial charge in [0.1, 0.15) is 0 Å². The summed E-state index contributed by atoms with van der Waals surface area (Å²) in [6.07, 6.45) is -9.43. The first-order valence-corrected chi connectivity index (χ1v) is 15.0. The summed E-state index contributed by atoms with van der Waals surface area (Å²) in [4.78, 5) is 43.4. The largest absolute Gasteiger partial charge is 0.416 e. The van der Waals surface area contributed by atoms with Crippen molar-refractivity contribution in [1.29, 1.82) is 0 Å². The van der Waals surface area contributed by atoms with Crippen molar-refractivity contribution in [2.45, 2.75) is 37.2 Å². The van der Waals surface area contributed by atoms with Gasteiger partial charge in [-0.05, 0) is 67.4 Å². The molecule has 1 saturated heterocycles. The third-order valence-corrected chi connectivity index (χ3v) is 9.16. The van der Waals surface area contributed by atoms with Gasteiger partial charge in [0.2, 0.25) is 0 Å². The van der Waals surface area contributed by atoms with Gasteiger partial charge in [-0.1, -0.05) is 41.4 Å². The molecule has 3 aromatic carbocycles. The Morgan fingerprint density at radius 3 is 1.98 bits per heavy atom. The number of halogens is 8. The molecule has 0 N–H and O–H groups in total. The predicted octanol–water partition coefficient (Wildman–Crippen LogP) is 7.65. The Morgan fingerprint density at radius 1 is 0.848 bits per heavy atom. The van der Waals surface area contributed by atoms with E-state index in [4.69, 9.17) is 23.2 Å². The minimum Gasteiger partial charge on any atom is -0.338 e. The van der Waals surface area contributed by atoms with E-state index in [0.717, 1.165) is 0 Å². The second-order valence-electron chi connectivity index (χ2n) is 11.3. The van der Waals surface area contributed by atoms with Gasteiger partial charge in [-0.15, -0.1) is 0 Å². The van der Waals surface area contributed by atoms with Crippen molar-refractivity contribution in [2.24, 2.45) is 0 Å². The van der Waals surface area contributed by atoms with Gasteiger partial charge >= 0.3 is 12.4 Å². The average Bonchev–Trinajstić information content (AvgIpc) is 3.25. The number of likely N-dealkylation sites (tertiary alicyclic amines) is 1. The Hall–Kier alpha value is -3.61. The highest BCUT2D eigenvalue weighted by Gasteiger charge is 2.40. The molecular weight excluding hydrogens is 659 g/mol. The molecule has 2 atom stereocenters. The Balaban J connectivity index is 1.35. The molecule has 3 amide bonds. The van der Waals surface area contributed by atoms with Crippen LogP contribution in [0.1, 0.15) is 66.5 Å². The topological polar surface area (TPSA) is 60.9 Å². The smallest absolute Gasteiger partial charge is 0.338 e. The van der Waals surface area contributed by atoms with Crippen LogP contribution in [0.5, 0.6) is 0 Å². The maximum absolute atomic E-state index is 13.5. The number of fused-ring (bicyclic) bond motifs is 1. The van der Waals surface area contributed by atoms with E-state index in [1.54, 1.807) is 42.5 Å². The van der Waals surface area contributed by atoms with Gasteiger partial charge in [-0.3, -0.25) is 19.3 Å². The second-order valence-corrected chi connectivity index (χ2v) is 12.1. The lowest BCUT2D eigenvalue weighted by Gasteiger charge is -2.43. The number of hydrogen-bond acceptors (Lipinski definition) is 4. The molecule has 3 aromatic rings. The van der Waals surface area contributed by atoms with Crippen LogP contribution in [0.2, 0.25) is 10.0 Å². The molecule has 2 aliphatic heterocycles. The molecule has 5 rings (SSSR count). The molecule has 0 spiro atoms. The van der Waals surface area contributed by atoms with Crippen LogP contribution < -0.4 is 0 Å². The normalized spacial score (nSPS) is 19.0. The molecule has 0 bridgehead atoms. The molecule has 0 unspecified atom stereocenters. The van der Waals surface area contributed by atoms with Gasteiger partial charge in [0.25, 0.3) is 17.7 Å². The van der Waals surface area contributed by atoms with Crippen LogP contribution in [-0.2, 0) is 12.4 Å². The first-order chi connectivity index (χ1) is 21.6. The fraction of sp³-hybridized carbons (Fsp3) is 0.344. The number of carbonyl (C=O) groups excluding carboxylic acids is 3. The lowest BCUT2D eigenvalue weighted by molar-refractivity contribution is -0.143. The minimum atomic E-state index is -5.10. The molecule has 2 aliphatic rings. The first-order valence-electron chi connectivity index (χ1n) is 14.3. The third-order valence-electron chi connectivity index (χ3n) is 8.42. The van der Waals surface area contributed by atoms with Crippen molar-refractivity contribution in [3.63, 3.8) is 0 Å². The van der Waals surface area contributed by atoms with E-state index in [1.807, 2.05) is 0 Å². The van der Waals surface area contributed by atoms with Gasteiger partial charge in [0.05, 0.1) is 32.3 Å². The summed E-state index contributed by atoms with van der Waals surface area (Å²) in [5.74, 6) is -2.18. The summed E-state index contributed by atoms with van der Waals surface area (Å²) >= 11 is 12.4. The van der Waals surface area contributed by atoms with Gasteiger partial charge in [-0.25, -0.2) is 0 Å².